The molecule has 0 fully saturated rings. The molecule has 0 aliphatic carbocycles. The summed E-state index contributed by atoms with van der Waals surface area (Å²) >= 11 is 3.50. The van der Waals surface area contributed by atoms with Crippen molar-refractivity contribution in [3.05, 3.63) is 129 Å². The van der Waals surface area contributed by atoms with Crippen molar-refractivity contribution in [2.45, 2.75) is 209 Å². The fourth-order valence-corrected chi connectivity index (χ4v) is 17.5. The third-order valence-corrected chi connectivity index (χ3v) is 21.4. The number of hydrogen-bond donors (Lipinski definition) is 0. The molecule has 0 radical (unpaired) electrons. The van der Waals surface area contributed by atoms with E-state index in [9.17, 15) is 0 Å². The maximum atomic E-state index is 6.81. The molecule has 0 heterocycles. The van der Waals surface area contributed by atoms with Crippen molar-refractivity contribution in [1.29, 1.82) is 0 Å². The van der Waals surface area contributed by atoms with Crippen LogP contribution in [0.2, 0.25) is 0 Å². The van der Waals surface area contributed by atoms with Gasteiger partial charge in [-0.2, -0.15) is 0 Å². The molecule has 482 valence electrons. The molecule has 0 unspecified atom stereocenters. The molecular weight excluding hydrogens is 1510 g/mol. The number of methoxy groups -OCH3 is 6. The normalized spacial score (nSPS) is 12.8. The summed E-state index contributed by atoms with van der Waals surface area (Å²) in [4.78, 5) is 0. The number of hydrogen-bond acceptors (Lipinski definition) is 6. The van der Waals surface area contributed by atoms with Gasteiger partial charge in [0.15, 0.2) is 0 Å². The second-order valence-corrected chi connectivity index (χ2v) is 35.8. The van der Waals surface area contributed by atoms with Gasteiger partial charge in [-0.05, 0) is 116 Å². The molecule has 0 N–H and O–H groups in total. The first kappa shape index (κ1) is 75.5. The minimum atomic E-state index is -2.05. The Morgan fingerprint density at radius 2 is 0.430 bits per heavy atom. The van der Waals surface area contributed by atoms with Crippen molar-refractivity contribution in [1.82, 2.24) is 0 Å². The van der Waals surface area contributed by atoms with E-state index in [-0.39, 0.29) is 43.3 Å². The Bertz CT molecular complexity index is 2790. The Balaban J connectivity index is 0.00000388. The summed E-state index contributed by atoms with van der Waals surface area (Å²) in [6.45, 7) is 55.4. The molecule has 12 heteroatoms. The van der Waals surface area contributed by atoms with E-state index in [2.05, 4.69) is 269 Å². The van der Waals surface area contributed by atoms with Crippen LogP contribution in [0.25, 0.3) is 11.1 Å². The fraction of sp³-hybridized carbons (Fsp3) is 0.514. The second kappa shape index (κ2) is 28.7. The summed E-state index contributed by atoms with van der Waals surface area (Å²) in [7, 11) is 16.1. The first-order chi connectivity index (χ1) is 39.5. The van der Waals surface area contributed by atoms with Crippen LogP contribution in [0.4, 0.5) is 0 Å². The predicted molar refractivity (Wildman–Crippen MR) is 373 cm³/mol. The van der Waals surface area contributed by atoms with Crippen LogP contribution in [-0.4, -0.2) is 42.7 Å². The van der Waals surface area contributed by atoms with Crippen LogP contribution in [0.1, 0.15) is 211 Å². The molecule has 0 saturated heterocycles. The first-order valence-electron chi connectivity index (χ1n) is 29.8. The maximum absolute atomic E-state index is 6.81. The topological polar surface area (TPSA) is 55.4 Å². The third-order valence-electron chi connectivity index (χ3n) is 16.1. The van der Waals surface area contributed by atoms with Gasteiger partial charge in [0.2, 0.25) is 0 Å². The van der Waals surface area contributed by atoms with Gasteiger partial charge in [-0.3, -0.25) is 0 Å². The van der Waals surface area contributed by atoms with E-state index >= 15 is 0 Å². The molecule has 0 atom stereocenters. The van der Waals surface area contributed by atoms with Gasteiger partial charge in [-0.15, -0.1) is 0 Å². The molecule has 86 heavy (non-hydrogen) atoms. The van der Waals surface area contributed by atoms with Crippen LogP contribution in [-0.2, 0) is 83.3 Å². The zero-order chi connectivity index (χ0) is 66.0. The molecule has 0 saturated carbocycles. The van der Waals surface area contributed by atoms with E-state index in [1.165, 1.54) is 76.3 Å². The van der Waals surface area contributed by atoms with Crippen molar-refractivity contribution < 1.29 is 68.4 Å². The van der Waals surface area contributed by atoms with Crippen molar-refractivity contribution >= 4 is 66.0 Å². The molecule has 0 aliphatic heterocycles. The summed E-state index contributed by atoms with van der Waals surface area (Å²) < 4.78 is 39.7. The monoisotopic (exact) mass is 1620 g/mol. The van der Waals surface area contributed by atoms with Gasteiger partial charge in [0.05, 0.1) is 69.6 Å². The molecule has 0 aromatic heterocycles. The standard InChI is InChI=1S/C74H104O6P2.2Au.2ClH/c1-67(2,3)49-37-45(38-50(63(49)77-27)68(4,5)6)81(46-39-51(69(7,8)9)64(78-28)52(40-46)70(10,11)12)59-35-31-33-57(75-25)61(59)62-58(76-26)34-32-36-60(62)82(47-41-53(71(13,14)15)65(79-29)54(42-47)72(16,17)18)48-43-55(73(19,20)21)66(80-30)56(44-48)74(22,23)24;;;;/h31-44H,1-30H3;;;2*1H/q;2*+1;;. The second-order valence-electron chi connectivity index (χ2n) is 30.9. The summed E-state index contributed by atoms with van der Waals surface area (Å²) in [5.41, 5.74) is 9.50. The van der Waals surface area contributed by atoms with Gasteiger partial charge in [-0.25, -0.2) is 0 Å². The number of ether oxygens (including phenoxy) is 6. The van der Waals surface area contributed by atoms with Crippen LogP contribution in [0.15, 0.2) is 84.9 Å². The quantitative estimate of drug-likeness (QED) is 0.0848. The Kier molecular flexibility index (Phi) is 25.2. The zero-order valence-electron chi connectivity index (χ0n) is 57.9. The van der Waals surface area contributed by atoms with Gasteiger partial charge in [-0.1, -0.05) is 178 Å². The van der Waals surface area contributed by atoms with Crippen molar-refractivity contribution in [3.8, 4) is 45.6 Å². The van der Waals surface area contributed by atoms with Gasteiger partial charge in [0.25, 0.3) is 0 Å². The SMILES string of the molecule is COc1cccc([PH+](c2cc(C(C)(C)C)c(OC)c(C(C)(C)C)c2)c2cc(C(C)(C)C)c(OC)c(C(C)(C)C)c2)c1-c1c(OC)cccc1[PH+](c1cc(C(C)(C)C)c(OC)c(C(C)(C)C)c1)c1cc(C(C)(C)C)c(OC)c(C(C)(C)C)c1.[Cl][Au].[Cl][Au]. The van der Waals surface area contributed by atoms with Gasteiger partial charge < -0.3 is 28.4 Å². The number of rotatable bonds is 13. The van der Waals surface area contributed by atoms with E-state index in [0.29, 0.717) is 0 Å². The van der Waals surface area contributed by atoms with Crippen LogP contribution >= 0.6 is 34.2 Å². The van der Waals surface area contributed by atoms with Crippen molar-refractivity contribution in [2.24, 2.45) is 0 Å². The van der Waals surface area contributed by atoms with E-state index in [0.717, 1.165) is 45.6 Å². The predicted octanol–water partition coefficient (Wildman–Crippen LogP) is 18.1. The molecule has 6 rings (SSSR count). The van der Waals surface area contributed by atoms with Gasteiger partial charge in [0.1, 0.15) is 66.3 Å². The summed E-state index contributed by atoms with van der Waals surface area (Å²) in [6.07, 6.45) is 0. The van der Waals surface area contributed by atoms with Crippen LogP contribution in [0.5, 0.6) is 34.5 Å². The molecular formula is C74H106Au2Cl2O6P2+2. The third kappa shape index (κ3) is 16.6. The average molecular weight is 1620 g/mol. The molecule has 6 aromatic rings. The number of benzene rings is 6. The van der Waals surface area contributed by atoms with E-state index in [4.69, 9.17) is 28.4 Å². The molecule has 6 aromatic carbocycles. The molecule has 0 aliphatic rings. The molecule has 0 amide bonds. The zero-order valence-corrected chi connectivity index (χ0v) is 65.7. The van der Waals surface area contributed by atoms with E-state index < -0.39 is 15.8 Å². The van der Waals surface area contributed by atoms with E-state index in [1.807, 2.05) is 42.7 Å². The Morgan fingerprint density at radius 1 is 0.267 bits per heavy atom. The van der Waals surface area contributed by atoms with Crippen LogP contribution in [0.3, 0.4) is 0 Å². The van der Waals surface area contributed by atoms with Crippen molar-refractivity contribution in [2.75, 3.05) is 42.7 Å². The van der Waals surface area contributed by atoms with Gasteiger partial charge in [0, 0.05) is 44.5 Å². The molecule has 0 bridgehead atoms. The van der Waals surface area contributed by atoms with Crippen LogP contribution < -0.4 is 60.2 Å². The number of halogens is 2. The molecule has 6 nitrogen and oxygen atoms in total. The summed E-state index contributed by atoms with van der Waals surface area (Å²) in [5.74, 6) is 5.36. The summed E-state index contributed by atoms with van der Waals surface area (Å²) in [6, 6.07) is 33.2. The first-order valence-corrected chi connectivity index (χ1v) is 38.1. The van der Waals surface area contributed by atoms with Crippen LogP contribution in [0, 0.1) is 0 Å². The van der Waals surface area contributed by atoms with Gasteiger partial charge >= 0.3 is 58.4 Å². The summed E-state index contributed by atoms with van der Waals surface area (Å²) in [5, 5.41) is 7.46. The Hall–Kier alpha value is -2.96. The van der Waals surface area contributed by atoms with Crippen molar-refractivity contribution in [3.63, 3.8) is 0 Å². The van der Waals surface area contributed by atoms with E-state index in [1.54, 1.807) is 40.0 Å². The fourth-order valence-electron chi connectivity index (χ4n) is 11.7. The average Bonchev–Trinajstić information content (AvgIpc) is 0.798. The molecule has 0 spiro atoms. The minimum absolute atomic E-state index is 0.252. The Morgan fingerprint density at radius 3 is 0.558 bits per heavy atom. The Labute approximate surface area is 557 Å².